The topological polar surface area (TPSA) is 105 Å². The van der Waals surface area contributed by atoms with Crippen molar-refractivity contribution in [3.63, 3.8) is 0 Å². The van der Waals surface area contributed by atoms with Crippen LogP contribution in [0.1, 0.15) is 18.4 Å². The van der Waals surface area contributed by atoms with Crippen molar-refractivity contribution in [3.05, 3.63) is 29.8 Å². The Morgan fingerprint density at radius 3 is 2.70 bits per heavy atom. The summed E-state index contributed by atoms with van der Waals surface area (Å²) in [6, 6.07) is 7.65. The van der Waals surface area contributed by atoms with Gasteiger partial charge in [-0.25, -0.2) is 9.86 Å². The normalized spacial score (nSPS) is 19.5. The van der Waals surface area contributed by atoms with E-state index in [1.165, 1.54) is 0 Å². The van der Waals surface area contributed by atoms with Gasteiger partial charge < -0.3 is 5.32 Å². The van der Waals surface area contributed by atoms with Gasteiger partial charge in [0.15, 0.2) is 0 Å². The minimum atomic E-state index is -3.66. The third-order valence-corrected chi connectivity index (χ3v) is 4.45. The summed E-state index contributed by atoms with van der Waals surface area (Å²) in [7, 11) is -3.66. The Morgan fingerprint density at radius 1 is 1.35 bits per heavy atom. The minimum absolute atomic E-state index is 0.0612. The van der Waals surface area contributed by atoms with E-state index in [9.17, 15) is 13.2 Å². The molecule has 1 aliphatic heterocycles. The number of hydrogen-bond donors (Lipinski definition) is 3. The van der Waals surface area contributed by atoms with Gasteiger partial charge in [-0.15, -0.1) is 0 Å². The maximum absolute atomic E-state index is 12.1. The van der Waals surface area contributed by atoms with Crippen molar-refractivity contribution in [1.29, 1.82) is 0 Å². The molecule has 128 valence electrons. The van der Waals surface area contributed by atoms with Crippen LogP contribution in [0.3, 0.4) is 0 Å². The SMILES string of the molecule is Cc1ccc(NC(=O)CN2CCCC(CNS(N)(=O)=O)C2)cc1. The van der Waals surface area contributed by atoms with Crippen molar-refractivity contribution in [2.45, 2.75) is 19.8 Å². The van der Waals surface area contributed by atoms with Gasteiger partial charge in [0, 0.05) is 18.8 Å². The minimum Gasteiger partial charge on any atom is -0.325 e. The molecule has 1 fully saturated rings. The molecule has 0 bridgehead atoms. The van der Waals surface area contributed by atoms with E-state index >= 15 is 0 Å². The molecular formula is C15H24N4O3S. The molecule has 8 heteroatoms. The van der Waals surface area contributed by atoms with E-state index in [2.05, 4.69) is 10.0 Å². The molecule has 1 atom stereocenters. The number of piperidine rings is 1. The second-order valence-corrected chi connectivity index (χ2v) is 7.43. The molecule has 1 amide bonds. The number of rotatable bonds is 6. The van der Waals surface area contributed by atoms with Crippen LogP contribution in [0.5, 0.6) is 0 Å². The largest absolute Gasteiger partial charge is 0.325 e. The molecule has 1 unspecified atom stereocenters. The van der Waals surface area contributed by atoms with E-state index in [0.717, 1.165) is 30.6 Å². The number of nitrogens with one attached hydrogen (secondary N) is 2. The Kier molecular flexibility index (Phi) is 6.11. The Balaban J connectivity index is 1.80. The Morgan fingerprint density at radius 2 is 2.04 bits per heavy atom. The number of likely N-dealkylation sites (tertiary alicyclic amines) is 1. The standard InChI is InChI=1S/C15H24N4O3S/c1-12-4-6-14(7-5-12)18-15(20)11-19-8-2-3-13(10-19)9-17-23(16,21)22/h4-7,13,17H,2-3,8-11H2,1H3,(H,18,20)(H2,16,21,22). The van der Waals surface area contributed by atoms with E-state index in [-0.39, 0.29) is 11.8 Å². The molecule has 0 saturated carbocycles. The summed E-state index contributed by atoms with van der Waals surface area (Å²) >= 11 is 0. The molecule has 7 nitrogen and oxygen atoms in total. The monoisotopic (exact) mass is 340 g/mol. The highest BCUT2D eigenvalue weighted by Gasteiger charge is 2.22. The molecule has 1 heterocycles. The smallest absolute Gasteiger partial charge is 0.274 e. The van der Waals surface area contributed by atoms with Crippen molar-refractivity contribution in [1.82, 2.24) is 9.62 Å². The fourth-order valence-corrected chi connectivity index (χ4v) is 3.20. The number of aryl methyl sites for hydroxylation is 1. The Bertz CT molecular complexity index is 631. The van der Waals surface area contributed by atoms with Crippen molar-refractivity contribution in [2.75, 3.05) is 31.5 Å². The number of amides is 1. The highest BCUT2D eigenvalue weighted by Crippen LogP contribution is 2.16. The second kappa shape index (κ2) is 7.87. The zero-order valence-electron chi connectivity index (χ0n) is 13.3. The van der Waals surface area contributed by atoms with E-state index in [1.807, 2.05) is 36.1 Å². The van der Waals surface area contributed by atoms with Crippen LogP contribution < -0.4 is 15.2 Å². The first-order valence-electron chi connectivity index (χ1n) is 7.68. The molecule has 1 aliphatic rings. The molecule has 2 rings (SSSR count). The van der Waals surface area contributed by atoms with Gasteiger partial charge in [-0.3, -0.25) is 9.69 Å². The summed E-state index contributed by atoms with van der Waals surface area (Å²) in [4.78, 5) is 14.1. The summed E-state index contributed by atoms with van der Waals surface area (Å²) in [6.07, 6.45) is 1.87. The van der Waals surface area contributed by atoms with E-state index < -0.39 is 10.2 Å². The van der Waals surface area contributed by atoms with E-state index in [0.29, 0.717) is 19.6 Å². The average Bonchev–Trinajstić information content (AvgIpc) is 2.47. The van der Waals surface area contributed by atoms with Crippen molar-refractivity contribution in [2.24, 2.45) is 11.1 Å². The fraction of sp³-hybridized carbons (Fsp3) is 0.533. The molecule has 0 aliphatic carbocycles. The third kappa shape index (κ3) is 6.66. The lowest BCUT2D eigenvalue weighted by atomic mass is 9.98. The van der Waals surface area contributed by atoms with Crippen LogP contribution in [0.25, 0.3) is 0 Å². The number of hydrogen-bond acceptors (Lipinski definition) is 4. The van der Waals surface area contributed by atoms with Crippen LogP contribution in [0.15, 0.2) is 24.3 Å². The maximum Gasteiger partial charge on any atom is 0.274 e. The van der Waals surface area contributed by atoms with E-state index in [4.69, 9.17) is 5.14 Å². The predicted molar refractivity (Wildman–Crippen MR) is 90.1 cm³/mol. The van der Waals surface area contributed by atoms with E-state index in [1.54, 1.807) is 0 Å². The van der Waals surface area contributed by atoms with Crippen LogP contribution in [0.2, 0.25) is 0 Å². The lowest BCUT2D eigenvalue weighted by Gasteiger charge is -2.32. The number of nitrogens with zero attached hydrogens (tertiary/aromatic N) is 1. The van der Waals surface area contributed by atoms with Gasteiger partial charge in [0.25, 0.3) is 10.2 Å². The van der Waals surface area contributed by atoms with Gasteiger partial charge in [0.1, 0.15) is 0 Å². The van der Waals surface area contributed by atoms with Crippen molar-refractivity contribution < 1.29 is 13.2 Å². The molecule has 0 radical (unpaired) electrons. The average molecular weight is 340 g/mol. The molecule has 1 aromatic rings. The summed E-state index contributed by atoms with van der Waals surface area (Å²) in [5.74, 6) is 0.114. The Labute approximate surface area is 137 Å². The maximum atomic E-state index is 12.1. The van der Waals surface area contributed by atoms with Crippen LogP contribution in [-0.4, -0.2) is 45.4 Å². The van der Waals surface area contributed by atoms with Crippen LogP contribution in [0.4, 0.5) is 5.69 Å². The molecule has 1 saturated heterocycles. The van der Waals surface area contributed by atoms with Crippen molar-refractivity contribution in [3.8, 4) is 0 Å². The first-order chi connectivity index (χ1) is 10.8. The number of nitrogens with two attached hydrogens (primary N) is 1. The quantitative estimate of drug-likeness (QED) is 0.699. The predicted octanol–water partition coefficient (Wildman–Crippen LogP) is 0.439. The van der Waals surface area contributed by atoms with Gasteiger partial charge in [0.05, 0.1) is 6.54 Å². The van der Waals surface area contributed by atoms with Gasteiger partial charge in [0.2, 0.25) is 5.91 Å². The van der Waals surface area contributed by atoms with Gasteiger partial charge >= 0.3 is 0 Å². The third-order valence-electron chi connectivity index (χ3n) is 3.88. The lowest BCUT2D eigenvalue weighted by Crippen LogP contribution is -2.44. The molecule has 1 aromatic carbocycles. The number of carbonyl (C=O) groups excluding carboxylic acids is 1. The highest BCUT2D eigenvalue weighted by molar-refractivity contribution is 7.87. The van der Waals surface area contributed by atoms with Gasteiger partial charge in [-0.05, 0) is 44.4 Å². The summed E-state index contributed by atoms with van der Waals surface area (Å²) < 4.78 is 24.2. The molecule has 4 N–H and O–H groups in total. The number of anilines is 1. The number of carbonyl (C=O) groups is 1. The van der Waals surface area contributed by atoms with Crippen LogP contribution in [0, 0.1) is 12.8 Å². The summed E-state index contributed by atoms with van der Waals surface area (Å²) in [6.45, 7) is 4.14. The van der Waals surface area contributed by atoms with Crippen LogP contribution >= 0.6 is 0 Å². The first-order valence-corrected chi connectivity index (χ1v) is 9.23. The molecule has 0 spiro atoms. The summed E-state index contributed by atoms with van der Waals surface area (Å²) in [5, 5.41) is 7.82. The molecule has 0 aromatic heterocycles. The fourth-order valence-electron chi connectivity index (χ4n) is 2.74. The van der Waals surface area contributed by atoms with Gasteiger partial charge in [-0.1, -0.05) is 17.7 Å². The Hall–Kier alpha value is -1.48. The van der Waals surface area contributed by atoms with Gasteiger partial charge in [-0.2, -0.15) is 8.42 Å². The van der Waals surface area contributed by atoms with Crippen molar-refractivity contribution >= 4 is 21.8 Å². The first kappa shape index (κ1) is 17.9. The number of benzene rings is 1. The highest BCUT2D eigenvalue weighted by atomic mass is 32.2. The lowest BCUT2D eigenvalue weighted by molar-refractivity contribution is -0.117. The second-order valence-electron chi connectivity index (χ2n) is 6.05. The zero-order chi connectivity index (χ0) is 16.9. The summed E-state index contributed by atoms with van der Waals surface area (Å²) in [5.41, 5.74) is 1.93. The molecule has 23 heavy (non-hydrogen) atoms. The van der Waals surface area contributed by atoms with Crippen LogP contribution in [-0.2, 0) is 15.0 Å². The zero-order valence-corrected chi connectivity index (χ0v) is 14.1. The molecular weight excluding hydrogens is 316 g/mol.